The monoisotopic (exact) mass is 537 g/mol. The van der Waals surface area contributed by atoms with Crippen LogP contribution in [0.5, 0.6) is 5.75 Å². The summed E-state index contributed by atoms with van der Waals surface area (Å²) in [5.41, 5.74) is -2.57. The molecule has 2 aromatic rings. The van der Waals surface area contributed by atoms with E-state index in [9.17, 15) is 22.8 Å². The second-order valence-corrected chi connectivity index (χ2v) is 9.08. The van der Waals surface area contributed by atoms with E-state index in [2.05, 4.69) is 5.32 Å². The molecule has 10 heteroatoms. The summed E-state index contributed by atoms with van der Waals surface area (Å²) >= 11 is 0. The maximum atomic E-state index is 14.3. The van der Waals surface area contributed by atoms with Gasteiger partial charge in [-0.15, -0.1) is 0 Å². The average Bonchev–Trinajstić information content (AvgIpc) is 2.89. The molecule has 0 unspecified atom stereocenters. The highest BCUT2D eigenvalue weighted by molar-refractivity contribution is 5.83. The molecule has 208 valence electrons. The van der Waals surface area contributed by atoms with Crippen molar-refractivity contribution in [3.63, 3.8) is 0 Å². The molecule has 1 N–H and O–H groups in total. The Kier molecular flexibility index (Phi) is 10.4. The van der Waals surface area contributed by atoms with Gasteiger partial charge in [0.1, 0.15) is 18.5 Å². The van der Waals surface area contributed by atoms with Gasteiger partial charge in [-0.05, 0) is 56.2 Å². The van der Waals surface area contributed by atoms with Crippen LogP contribution in [0.25, 0.3) is 0 Å². The number of carbonyl (C=O) groups excluding carboxylic acids is 2. The Morgan fingerprint density at radius 3 is 2.32 bits per heavy atom. The van der Waals surface area contributed by atoms with Crippen molar-refractivity contribution < 1.29 is 41.7 Å². The van der Waals surface area contributed by atoms with E-state index in [1.165, 1.54) is 24.3 Å². The summed E-state index contributed by atoms with van der Waals surface area (Å²) in [5, 5.41) is 2.57. The van der Waals surface area contributed by atoms with Crippen LogP contribution in [0.1, 0.15) is 43.7 Å². The van der Waals surface area contributed by atoms with E-state index in [-0.39, 0.29) is 24.7 Å². The molecule has 1 aliphatic carbocycles. The molecule has 1 amide bonds. The Morgan fingerprint density at radius 2 is 1.68 bits per heavy atom. The Labute approximate surface area is 220 Å². The quantitative estimate of drug-likeness (QED) is 0.299. The minimum Gasteiger partial charge on any atom is -0.492 e. The van der Waals surface area contributed by atoms with Gasteiger partial charge in [0.2, 0.25) is 0 Å². The first-order chi connectivity index (χ1) is 18.2. The van der Waals surface area contributed by atoms with Gasteiger partial charge in [-0.2, -0.15) is 13.2 Å². The number of esters is 1. The Bertz CT molecular complexity index is 1030. The van der Waals surface area contributed by atoms with E-state index in [4.69, 9.17) is 18.9 Å². The lowest BCUT2D eigenvalue weighted by Gasteiger charge is -2.37. The maximum absolute atomic E-state index is 14.3. The highest BCUT2D eigenvalue weighted by Crippen LogP contribution is 2.44. The van der Waals surface area contributed by atoms with Crippen LogP contribution < -0.4 is 10.1 Å². The minimum absolute atomic E-state index is 0.133. The van der Waals surface area contributed by atoms with Crippen LogP contribution in [0.3, 0.4) is 0 Å². The van der Waals surface area contributed by atoms with Crippen LogP contribution in [-0.2, 0) is 31.0 Å². The highest BCUT2D eigenvalue weighted by atomic mass is 19.4. The van der Waals surface area contributed by atoms with Crippen LogP contribution in [0.2, 0.25) is 0 Å². The molecule has 0 aromatic heterocycles. The number of nitrogens with one attached hydrogen (secondary N) is 1. The van der Waals surface area contributed by atoms with Crippen LogP contribution in [0, 0.1) is 5.92 Å². The lowest BCUT2D eigenvalue weighted by atomic mass is 9.82. The van der Waals surface area contributed by atoms with Crippen molar-refractivity contribution in [2.45, 2.75) is 56.9 Å². The number of amides is 1. The standard InChI is InChI=1S/C28H34F3NO6/c1-3-36-26(34)32-17-18-37-23-15-13-20(14-16-23)19-21-9-7-8-12-24(21)38-25(33)27(35-2,28(29,30)31)22-10-5-4-6-11-22/h4-6,10-11,13-16,21,24H,3,7-9,12,17-19H2,1-2H3,(H,32,34)/t21-,24-,27+/m1/s1. The van der Waals surface area contributed by atoms with Crippen LogP contribution >= 0.6 is 0 Å². The van der Waals surface area contributed by atoms with Gasteiger partial charge in [-0.25, -0.2) is 9.59 Å². The molecule has 0 aliphatic heterocycles. The maximum Gasteiger partial charge on any atom is 0.432 e. The predicted molar refractivity (Wildman–Crippen MR) is 134 cm³/mol. The van der Waals surface area contributed by atoms with Crippen molar-refractivity contribution in [1.29, 1.82) is 0 Å². The number of benzene rings is 2. The lowest BCUT2D eigenvalue weighted by Crippen LogP contribution is -2.53. The van der Waals surface area contributed by atoms with Crippen molar-refractivity contribution in [2.75, 3.05) is 26.9 Å². The van der Waals surface area contributed by atoms with Crippen molar-refractivity contribution in [3.05, 3.63) is 65.7 Å². The molecule has 0 heterocycles. The number of hydrogen-bond acceptors (Lipinski definition) is 6. The van der Waals surface area contributed by atoms with Crippen molar-refractivity contribution in [3.8, 4) is 5.75 Å². The topological polar surface area (TPSA) is 83.1 Å². The van der Waals surface area contributed by atoms with Gasteiger partial charge in [0.25, 0.3) is 5.60 Å². The SMILES string of the molecule is CCOC(=O)NCCOc1ccc(C[C@H]2CCCC[C@H]2OC(=O)[C@@](OC)(c2ccccc2)C(F)(F)F)cc1. The molecule has 1 aliphatic rings. The number of alkyl halides is 3. The summed E-state index contributed by atoms with van der Waals surface area (Å²) in [6.07, 6.45) is -2.76. The number of halogens is 3. The van der Waals surface area contributed by atoms with E-state index >= 15 is 0 Å². The fraction of sp³-hybridized carbons (Fsp3) is 0.500. The van der Waals surface area contributed by atoms with Crippen LogP contribution in [0.15, 0.2) is 54.6 Å². The molecule has 2 aromatic carbocycles. The Morgan fingerprint density at radius 1 is 1.00 bits per heavy atom. The molecule has 1 saturated carbocycles. The molecule has 3 rings (SSSR count). The zero-order chi connectivity index (χ0) is 27.6. The normalized spacial score (nSPS) is 19.2. The highest BCUT2D eigenvalue weighted by Gasteiger charge is 2.64. The fourth-order valence-corrected chi connectivity index (χ4v) is 4.70. The predicted octanol–water partition coefficient (Wildman–Crippen LogP) is 5.56. The third-order valence-corrected chi connectivity index (χ3v) is 6.61. The first-order valence-corrected chi connectivity index (χ1v) is 12.7. The molecular formula is C28H34F3NO6. The second kappa shape index (κ2) is 13.5. The number of ether oxygens (including phenoxy) is 4. The first kappa shape index (κ1) is 29.3. The lowest BCUT2D eigenvalue weighted by molar-refractivity contribution is -0.279. The zero-order valence-electron chi connectivity index (χ0n) is 21.6. The first-order valence-electron chi connectivity index (χ1n) is 12.7. The summed E-state index contributed by atoms with van der Waals surface area (Å²) < 4.78 is 63.7. The summed E-state index contributed by atoms with van der Waals surface area (Å²) in [4.78, 5) is 24.4. The Hall–Kier alpha value is -3.27. The third kappa shape index (κ3) is 7.18. The number of rotatable bonds is 11. The third-order valence-electron chi connectivity index (χ3n) is 6.61. The smallest absolute Gasteiger partial charge is 0.432 e. The van der Waals surface area contributed by atoms with E-state index in [0.717, 1.165) is 31.9 Å². The summed E-state index contributed by atoms with van der Waals surface area (Å²) in [7, 11) is 0.872. The average molecular weight is 538 g/mol. The number of methoxy groups -OCH3 is 1. The summed E-state index contributed by atoms with van der Waals surface area (Å²) in [6.45, 7) is 2.56. The summed E-state index contributed by atoms with van der Waals surface area (Å²) in [6, 6.07) is 14.2. The Balaban J connectivity index is 1.64. The van der Waals surface area contributed by atoms with E-state index < -0.39 is 29.9 Å². The molecular weight excluding hydrogens is 503 g/mol. The molecule has 0 bridgehead atoms. The van der Waals surface area contributed by atoms with Gasteiger partial charge in [0.15, 0.2) is 0 Å². The van der Waals surface area contributed by atoms with E-state index in [0.29, 0.717) is 25.1 Å². The van der Waals surface area contributed by atoms with E-state index in [1.54, 1.807) is 25.1 Å². The van der Waals surface area contributed by atoms with Crippen LogP contribution in [0.4, 0.5) is 18.0 Å². The minimum atomic E-state index is -5.01. The molecule has 7 nitrogen and oxygen atoms in total. The van der Waals surface area contributed by atoms with Gasteiger partial charge < -0.3 is 24.3 Å². The second-order valence-electron chi connectivity index (χ2n) is 9.08. The summed E-state index contributed by atoms with van der Waals surface area (Å²) in [5.74, 6) is -0.966. The van der Waals surface area contributed by atoms with Gasteiger partial charge in [0, 0.05) is 12.7 Å². The number of carbonyl (C=O) groups is 2. The number of hydrogen-bond donors (Lipinski definition) is 1. The molecule has 1 fully saturated rings. The molecule has 0 saturated heterocycles. The van der Waals surface area contributed by atoms with E-state index in [1.807, 2.05) is 12.1 Å². The van der Waals surface area contributed by atoms with Gasteiger partial charge >= 0.3 is 18.2 Å². The largest absolute Gasteiger partial charge is 0.492 e. The van der Waals surface area contributed by atoms with Gasteiger partial charge in [-0.1, -0.05) is 48.9 Å². The molecule has 0 spiro atoms. The van der Waals surface area contributed by atoms with Crippen LogP contribution in [-0.4, -0.2) is 51.2 Å². The van der Waals surface area contributed by atoms with Crippen molar-refractivity contribution >= 4 is 12.1 Å². The molecule has 3 atom stereocenters. The molecule has 0 radical (unpaired) electrons. The van der Waals surface area contributed by atoms with Gasteiger partial charge in [-0.3, -0.25) is 0 Å². The fourth-order valence-electron chi connectivity index (χ4n) is 4.70. The van der Waals surface area contributed by atoms with Crippen molar-refractivity contribution in [2.24, 2.45) is 5.92 Å². The van der Waals surface area contributed by atoms with Gasteiger partial charge in [0.05, 0.1) is 13.2 Å². The molecule has 38 heavy (non-hydrogen) atoms. The zero-order valence-corrected chi connectivity index (χ0v) is 21.6. The van der Waals surface area contributed by atoms with Crippen molar-refractivity contribution in [1.82, 2.24) is 5.32 Å². The number of alkyl carbamates (subject to hydrolysis) is 1.